The molecule has 0 aliphatic heterocycles. The fraction of sp³-hybridized carbons (Fsp3) is 0.410. The molecular formula is C39H45IrN2O4S-. The van der Waals surface area contributed by atoms with Crippen LogP contribution in [-0.4, -0.2) is 20.9 Å². The van der Waals surface area contributed by atoms with Crippen molar-refractivity contribution in [3.05, 3.63) is 71.8 Å². The Labute approximate surface area is 295 Å². The van der Waals surface area contributed by atoms with Crippen LogP contribution in [0.1, 0.15) is 93.6 Å². The van der Waals surface area contributed by atoms with E-state index in [4.69, 9.17) is 8.83 Å². The Balaban J connectivity index is 0.000000242. The average molecular weight is 830 g/mol. The van der Waals surface area contributed by atoms with Crippen LogP contribution < -0.4 is 0 Å². The number of carbonyl (C=O) groups is 1. The Morgan fingerprint density at radius 1 is 0.936 bits per heavy atom. The van der Waals surface area contributed by atoms with Crippen molar-refractivity contribution in [1.82, 2.24) is 9.97 Å². The fourth-order valence-corrected chi connectivity index (χ4v) is 6.75. The molecule has 0 fully saturated rings. The number of furan rings is 2. The van der Waals surface area contributed by atoms with Crippen molar-refractivity contribution in [1.29, 1.82) is 0 Å². The first kappa shape index (κ1) is 36.5. The van der Waals surface area contributed by atoms with E-state index in [0.717, 1.165) is 64.1 Å². The summed E-state index contributed by atoms with van der Waals surface area (Å²) in [7, 11) is 0. The molecule has 6 aromatic rings. The molecule has 0 saturated heterocycles. The van der Waals surface area contributed by atoms with E-state index in [0.29, 0.717) is 11.3 Å². The van der Waals surface area contributed by atoms with Crippen molar-refractivity contribution in [3.63, 3.8) is 0 Å². The topological polar surface area (TPSA) is 89.4 Å². The van der Waals surface area contributed by atoms with Crippen molar-refractivity contribution in [2.45, 2.75) is 93.4 Å². The van der Waals surface area contributed by atoms with Gasteiger partial charge in [-0.25, -0.2) is 4.98 Å². The molecule has 0 atom stereocenters. The van der Waals surface area contributed by atoms with Gasteiger partial charge in [0.1, 0.15) is 12.1 Å². The number of rotatable bonds is 8. The van der Waals surface area contributed by atoms with E-state index in [9.17, 15) is 9.90 Å². The van der Waals surface area contributed by atoms with Gasteiger partial charge in [0.15, 0.2) is 16.9 Å². The smallest absolute Gasteiger partial charge is 0.223 e. The monoisotopic (exact) mass is 830 g/mol. The zero-order valence-corrected chi connectivity index (χ0v) is 32.0. The summed E-state index contributed by atoms with van der Waals surface area (Å²) in [6, 6.07) is 13.9. The molecule has 0 bridgehead atoms. The van der Waals surface area contributed by atoms with Gasteiger partial charge in [-0.1, -0.05) is 85.6 Å². The van der Waals surface area contributed by atoms with Crippen LogP contribution in [0.15, 0.2) is 69.0 Å². The number of benzene rings is 2. The Bertz CT molecular complexity index is 2050. The van der Waals surface area contributed by atoms with Gasteiger partial charge in [0.2, 0.25) is 5.71 Å². The predicted molar refractivity (Wildman–Crippen MR) is 191 cm³/mol. The number of allylic oxidation sites excluding steroid dienone is 2. The van der Waals surface area contributed by atoms with E-state index < -0.39 is 0 Å². The summed E-state index contributed by atoms with van der Waals surface area (Å²) >= 11 is 1.76. The van der Waals surface area contributed by atoms with Crippen LogP contribution in [0.4, 0.5) is 0 Å². The van der Waals surface area contributed by atoms with Gasteiger partial charge in [-0.05, 0) is 47.2 Å². The maximum Gasteiger partial charge on any atom is 0.223 e. The maximum atomic E-state index is 12.2. The molecule has 0 amide bonds. The third-order valence-corrected chi connectivity index (χ3v) is 10.9. The SMILES string of the molecule is CC(C)(C)c1cc(-c2ncnc3oc4c(ccc5ccoc54)c23)[c-]c2ccsc12.CCC(C)(CC)C(=O)/C=C(\O)C(C)(CC)CC.[Ir]. The summed E-state index contributed by atoms with van der Waals surface area (Å²) in [5.74, 6) is 0.286. The molecule has 6 nitrogen and oxygen atoms in total. The quantitative estimate of drug-likeness (QED) is 0.0934. The molecule has 2 aromatic carbocycles. The van der Waals surface area contributed by atoms with Crippen LogP contribution in [0.3, 0.4) is 0 Å². The minimum Gasteiger partial charge on any atom is -0.512 e. The van der Waals surface area contributed by atoms with Crippen LogP contribution in [0.25, 0.3) is 54.4 Å². The van der Waals surface area contributed by atoms with E-state index in [-0.39, 0.29) is 47.9 Å². The number of aliphatic hydroxyl groups is 1. The standard InChI is InChI=1S/C24H17N2O2S.C15H28O2.Ir/c1-24(2,3)17-11-15(10-14-7-9-29-22(14)17)19-18-16-5-4-13-6-8-27-20(13)21(16)28-23(18)26-12-25-19;1-7-14(5,8-2)12(16)11-13(17)15(6,9-3)10-4;/h4-9,11-12H,1-3H3;11,16H,7-10H2,1-6H3;/q-1;;/b;12-11-;. The number of hydrogen-bond acceptors (Lipinski definition) is 7. The summed E-state index contributed by atoms with van der Waals surface area (Å²) < 4.78 is 13.0. The number of aliphatic hydroxyl groups excluding tert-OH is 1. The molecule has 6 rings (SSSR count). The van der Waals surface area contributed by atoms with Gasteiger partial charge in [-0.2, -0.15) is 11.3 Å². The van der Waals surface area contributed by atoms with Gasteiger partial charge in [0, 0.05) is 58.9 Å². The van der Waals surface area contributed by atoms with Gasteiger partial charge in [-0.15, -0.1) is 23.6 Å². The number of ketones is 1. The Hall–Kier alpha value is -3.32. The number of thiophene rings is 1. The van der Waals surface area contributed by atoms with Crippen LogP contribution in [0.2, 0.25) is 0 Å². The van der Waals surface area contributed by atoms with E-state index in [1.54, 1.807) is 23.9 Å². The van der Waals surface area contributed by atoms with Crippen LogP contribution in [-0.2, 0) is 30.3 Å². The van der Waals surface area contributed by atoms with E-state index in [2.05, 4.69) is 60.4 Å². The van der Waals surface area contributed by atoms with Gasteiger partial charge in [0.05, 0.1) is 6.26 Å². The summed E-state index contributed by atoms with van der Waals surface area (Å²) in [6.45, 7) is 18.8. The third-order valence-electron chi connectivity index (χ3n) is 9.99. The summed E-state index contributed by atoms with van der Waals surface area (Å²) in [5, 5.41) is 16.2. The minimum absolute atomic E-state index is 0. The summed E-state index contributed by atoms with van der Waals surface area (Å²) in [4.78, 5) is 21.2. The second kappa shape index (κ2) is 14.0. The normalized spacial score (nSPS) is 12.8. The molecule has 4 heterocycles. The summed E-state index contributed by atoms with van der Waals surface area (Å²) in [6.07, 6.45) is 7.99. The van der Waals surface area contributed by atoms with Crippen molar-refractivity contribution in [2.24, 2.45) is 10.8 Å². The molecule has 1 radical (unpaired) electrons. The van der Waals surface area contributed by atoms with Gasteiger partial charge >= 0.3 is 0 Å². The van der Waals surface area contributed by atoms with E-state index in [1.165, 1.54) is 16.3 Å². The first-order chi connectivity index (χ1) is 21.8. The first-order valence-corrected chi connectivity index (χ1v) is 17.1. The Morgan fingerprint density at radius 2 is 1.62 bits per heavy atom. The molecule has 0 aliphatic carbocycles. The molecular weight excluding hydrogens is 785 g/mol. The van der Waals surface area contributed by atoms with E-state index in [1.807, 2.05) is 53.7 Å². The zero-order chi connectivity index (χ0) is 33.4. The number of nitrogens with zero attached hydrogens (tertiary/aromatic N) is 2. The number of hydrogen-bond donors (Lipinski definition) is 1. The van der Waals surface area contributed by atoms with Crippen molar-refractivity contribution in [2.75, 3.05) is 0 Å². The third kappa shape index (κ3) is 6.83. The summed E-state index contributed by atoms with van der Waals surface area (Å²) in [5.41, 5.74) is 4.49. The molecule has 0 aliphatic rings. The first-order valence-electron chi connectivity index (χ1n) is 16.2. The van der Waals surface area contributed by atoms with Crippen molar-refractivity contribution < 1.29 is 38.8 Å². The average Bonchev–Trinajstić information content (AvgIpc) is 3.81. The van der Waals surface area contributed by atoms with E-state index >= 15 is 0 Å². The molecule has 47 heavy (non-hydrogen) atoms. The van der Waals surface area contributed by atoms with Gasteiger partial charge in [-0.3, -0.25) is 9.78 Å². The largest absolute Gasteiger partial charge is 0.512 e. The van der Waals surface area contributed by atoms with Crippen LogP contribution >= 0.6 is 11.3 Å². The molecule has 0 unspecified atom stereocenters. The molecule has 0 saturated carbocycles. The van der Waals surface area contributed by atoms with Crippen LogP contribution in [0.5, 0.6) is 0 Å². The van der Waals surface area contributed by atoms with Gasteiger partial charge in [0.25, 0.3) is 0 Å². The molecule has 251 valence electrons. The number of fused-ring (bicyclic) bond motifs is 6. The molecule has 4 aromatic heterocycles. The second-order valence-corrected chi connectivity index (χ2v) is 14.6. The second-order valence-electron chi connectivity index (χ2n) is 13.7. The predicted octanol–water partition coefficient (Wildman–Crippen LogP) is 11.7. The molecule has 8 heteroatoms. The Morgan fingerprint density at radius 3 is 2.26 bits per heavy atom. The number of carbonyl (C=O) groups excluding carboxylic acids is 1. The van der Waals surface area contributed by atoms with Gasteiger partial charge < -0.3 is 13.9 Å². The zero-order valence-electron chi connectivity index (χ0n) is 28.8. The van der Waals surface area contributed by atoms with Crippen molar-refractivity contribution in [3.8, 4) is 11.3 Å². The van der Waals surface area contributed by atoms with Crippen molar-refractivity contribution >= 4 is 60.2 Å². The fourth-order valence-electron chi connectivity index (χ4n) is 5.67. The maximum absolute atomic E-state index is 12.2. The van der Waals surface area contributed by atoms with Crippen LogP contribution in [0, 0.1) is 16.9 Å². The Kier molecular flexibility index (Phi) is 10.9. The minimum atomic E-state index is -0.337. The molecule has 1 N–H and O–H groups in total. The number of aromatic nitrogens is 2. The molecule has 0 spiro atoms.